The van der Waals surface area contributed by atoms with E-state index in [1.165, 1.54) is 115 Å². The number of fused-ring (bicyclic) bond motifs is 1. The Morgan fingerprint density at radius 2 is 1.27 bits per heavy atom. The van der Waals surface area contributed by atoms with Gasteiger partial charge in [0.25, 0.3) is 0 Å². The highest BCUT2D eigenvalue weighted by atomic mass is 35.5. The van der Waals surface area contributed by atoms with E-state index in [4.69, 9.17) is 16.3 Å². The van der Waals surface area contributed by atoms with Crippen LogP contribution in [-0.4, -0.2) is 259 Å². The van der Waals surface area contributed by atoms with Crippen LogP contribution in [0.25, 0.3) is 0 Å². The number of halogens is 4. The molecule has 0 unspecified atom stereocenters. The van der Waals surface area contributed by atoms with Gasteiger partial charge in [-0.25, -0.2) is 0 Å². The van der Waals surface area contributed by atoms with Crippen LogP contribution in [0.1, 0.15) is 127 Å². The van der Waals surface area contributed by atoms with Crippen molar-refractivity contribution in [3.8, 4) is 5.75 Å². The molecule has 11 atom stereocenters. The Hall–Kier alpha value is -8.82. The zero-order valence-electron chi connectivity index (χ0n) is 62.4. The molecule has 3 aromatic carbocycles. The number of carbonyl (C=O) groups is 12. The van der Waals surface area contributed by atoms with Gasteiger partial charge in [0.2, 0.25) is 70.9 Å². The highest BCUT2D eigenvalue weighted by Gasteiger charge is 2.51. The molecular formula is C74H104ClF3N12O13. The Balaban J connectivity index is 1.49. The van der Waals surface area contributed by atoms with E-state index in [2.05, 4.69) is 16.0 Å². The number of alkyl halides is 3. The molecule has 1 saturated carbocycles. The molecule has 0 radical (unpaired) electrons. The minimum absolute atomic E-state index is 0.0705. The average molecular weight is 1460 g/mol. The van der Waals surface area contributed by atoms with Gasteiger partial charge in [-0.1, -0.05) is 113 Å². The molecule has 1 spiro atoms. The fourth-order valence-electron chi connectivity index (χ4n) is 13.5. The maximum atomic E-state index is 15.7. The second-order valence-electron chi connectivity index (χ2n) is 28.3. The van der Waals surface area contributed by atoms with Crippen molar-refractivity contribution in [2.45, 2.75) is 192 Å². The fraction of sp³-hybridized carbons (Fsp3) is 0.595. The molecule has 1 aliphatic carbocycles. The molecule has 3 aromatic rings. The first-order chi connectivity index (χ1) is 48.2. The smallest absolute Gasteiger partial charge is 0.417 e. The number of benzene rings is 3. The largest absolute Gasteiger partial charge is 0.497 e. The maximum absolute atomic E-state index is 15.7. The van der Waals surface area contributed by atoms with Crippen molar-refractivity contribution in [2.75, 3.05) is 83.6 Å². The topological polar surface area (TPSA) is 279 Å². The first-order valence-electron chi connectivity index (χ1n) is 35.1. The number of ether oxygens (including phenoxy) is 1. The first kappa shape index (κ1) is 83.1. The van der Waals surface area contributed by atoms with Gasteiger partial charge in [0, 0.05) is 82.8 Å². The number of carbonyl (C=O) groups excluding carboxylic acids is 12. The van der Waals surface area contributed by atoms with Crippen LogP contribution >= 0.6 is 11.6 Å². The molecule has 0 bridgehead atoms. The van der Waals surface area contributed by atoms with Crippen LogP contribution in [-0.2, 0) is 83.0 Å². The molecule has 3 aliphatic rings. The van der Waals surface area contributed by atoms with Crippen molar-refractivity contribution < 1.29 is 75.4 Å². The molecular weight excluding hydrogens is 1360 g/mol. The van der Waals surface area contributed by atoms with Crippen molar-refractivity contribution in [1.29, 1.82) is 0 Å². The summed E-state index contributed by atoms with van der Waals surface area (Å²) in [6.45, 7) is 11.2. The summed E-state index contributed by atoms with van der Waals surface area (Å²) in [5.74, 6) is -9.55. The Morgan fingerprint density at radius 1 is 0.670 bits per heavy atom. The lowest BCUT2D eigenvalue weighted by Gasteiger charge is -2.45. The zero-order chi connectivity index (χ0) is 77.0. The van der Waals surface area contributed by atoms with Gasteiger partial charge in [-0.05, 0) is 106 Å². The number of nitrogens with zero attached hydrogens (tertiary/aromatic N) is 9. The number of amides is 12. The maximum Gasteiger partial charge on any atom is 0.417 e. The third-order valence-electron chi connectivity index (χ3n) is 21.1. The Kier molecular flexibility index (Phi) is 28.7. The number of hydrogen-bond acceptors (Lipinski definition) is 13. The summed E-state index contributed by atoms with van der Waals surface area (Å²) in [4.78, 5) is 190. The Labute approximate surface area is 607 Å². The van der Waals surface area contributed by atoms with Crippen LogP contribution < -0.4 is 20.7 Å². The van der Waals surface area contributed by atoms with Crippen LogP contribution in [0.4, 0.5) is 13.2 Å². The quantitative estimate of drug-likeness (QED) is 0.200. The molecule has 2 aliphatic heterocycles. The minimum atomic E-state index is -4.80. The summed E-state index contributed by atoms with van der Waals surface area (Å²) in [6, 6.07) is 4.91. The van der Waals surface area contributed by atoms with E-state index in [-0.39, 0.29) is 57.1 Å². The molecule has 566 valence electrons. The monoisotopic (exact) mass is 1460 g/mol. The number of nitrogens with one attached hydrogen (secondary N) is 3. The van der Waals surface area contributed by atoms with Gasteiger partial charge in [-0.15, -0.1) is 0 Å². The second kappa shape index (κ2) is 35.6. The van der Waals surface area contributed by atoms with Crippen LogP contribution in [0.5, 0.6) is 5.75 Å². The molecule has 2 saturated heterocycles. The average Bonchev–Trinajstić information content (AvgIpc) is 1.32. The lowest BCUT2D eigenvalue weighted by Crippen LogP contribution is -2.65. The molecule has 0 aromatic heterocycles. The zero-order valence-corrected chi connectivity index (χ0v) is 63.2. The van der Waals surface area contributed by atoms with Gasteiger partial charge in [-0.2, -0.15) is 13.2 Å². The third-order valence-corrected chi connectivity index (χ3v) is 21.4. The van der Waals surface area contributed by atoms with Crippen LogP contribution in [0.2, 0.25) is 5.02 Å². The molecule has 6 rings (SSSR count). The lowest BCUT2D eigenvalue weighted by atomic mass is 9.90. The highest BCUT2D eigenvalue weighted by Crippen LogP contribution is 2.37. The normalized spacial score (nSPS) is 24.9. The number of hydrogen-bond donors (Lipinski definition) is 3. The fourth-order valence-corrected chi connectivity index (χ4v) is 13.8. The molecule has 2 heterocycles. The summed E-state index contributed by atoms with van der Waals surface area (Å²) in [5, 5.41) is 7.94. The third kappa shape index (κ3) is 19.7. The van der Waals surface area contributed by atoms with Crippen molar-refractivity contribution in [1.82, 2.24) is 60.0 Å². The van der Waals surface area contributed by atoms with Gasteiger partial charge in [0.1, 0.15) is 65.7 Å². The standard InChI is InChI=1S/C74H104ClF3N12O13/c1-18-44(4)61-70(100)85(12)47(7)65(95)90-36-33-55(90)69(99)87(14)57(39-49-27-25-43(3)26-28-49)68(98)83(10)42-59(91)79-54(32-30-48-29-31-52(53(75)38-48)74(76,77)78)66(96)86(13)56(40-50-23-22-24-51(37-50)103-17)64(94)81-73(34-20-21-35-73)72(102)89(16)62(45(5)19-2)71(101)88(15)58(67(97)82(8)9)41-60(92)84(11)46(6)63(93)80-61/h22-29,31,37-38,44-47,54-58,61-62H,18-21,30,32-36,39-42H2,1-17H3,(H,79,91)(H,80,93)(H,81,94)/t44-,45-,46-,47-,54-,55-,56-,57-,58-,61-,62-/m0/s1. The van der Waals surface area contributed by atoms with E-state index in [1.807, 2.05) is 19.1 Å². The van der Waals surface area contributed by atoms with Crippen molar-refractivity contribution in [3.05, 3.63) is 99.6 Å². The van der Waals surface area contributed by atoms with Gasteiger partial charge in [-0.3, -0.25) is 57.5 Å². The first-order valence-corrected chi connectivity index (χ1v) is 35.5. The van der Waals surface area contributed by atoms with Gasteiger partial charge < -0.3 is 64.8 Å². The van der Waals surface area contributed by atoms with Gasteiger partial charge >= 0.3 is 6.18 Å². The molecule has 103 heavy (non-hydrogen) atoms. The highest BCUT2D eigenvalue weighted by molar-refractivity contribution is 6.31. The predicted molar refractivity (Wildman–Crippen MR) is 380 cm³/mol. The summed E-state index contributed by atoms with van der Waals surface area (Å²) in [6.07, 6.45) is -4.29. The lowest BCUT2D eigenvalue weighted by molar-refractivity contribution is -0.160. The second-order valence-corrected chi connectivity index (χ2v) is 28.7. The van der Waals surface area contributed by atoms with Crippen LogP contribution in [0.15, 0.2) is 66.7 Å². The van der Waals surface area contributed by atoms with E-state index in [9.17, 15) is 46.7 Å². The van der Waals surface area contributed by atoms with Crippen LogP contribution in [0, 0.1) is 18.8 Å². The Morgan fingerprint density at radius 3 is 1.83 bits per heavy atom. The summed E-state index contributed by atoms with van der Waals surface area (Å²) >= 11 is 6.19. The SMILES string of the molecule is CC[C@H](C)[C@@H]1NC(=O)[C@H](C)N(C)C(=O)C[C@@H](C(=O)N(C)C)N(C)C(=O)[C@H]([C@@H](C)CC)N(C)C(=O)C2(CCCC2)NC(=O)[C@H](Cc2cccc(OC)c2)N(C)C(=O)[C@H](CCc2ccc(C(F)(F)F)c(Cl)c2)NC(=O)CN(C)C(=O)[C@H](Cc2ccc(C)cc2)N(C)C(=O)[C@@H]2CCN2C(=O)[C@H](C)N(C)C1=O. The molecule has 25 nitrogen and oxygen atoms in total. The number of methoxy groups -OCH3 is 1. The summed E-state index contributed by atoms with van der Waals surface area (Å²) < 4.78 is 47.5. The number of likely N-dealkylation sites (N-methyl/N-ethyl adjacent to an activating group) is 8. The molecule has 3 N–H and O–H groups in total. The van der Waals surface area contributed by atoms with Crippen LogP contribution in [0.3, 0.4) is 0 Å². The molecule has 29 heteroatoms. The van der Waals surface area contributed by atoms with E-state index < -0.39 is 172 Å². The van der Waals surface area contributed by atoms with Crippen molar-refractivity contribution in [3.63, 3.8) is 0 Å². The predicted octanol–water partition coefficient (Wildman–Crippen LogP) is 5.14. The summed E-state index contributed by atoms with van der Waals surface area (Å²) in [7, 11) is 13.8. The number of aryl methyl sites for hydroxylation is 2. The molecule has 12 amide bonds. The minimum Gasteiger partial charge on any atom is -0.497 e. The number of rotatable bonds is 13. The van der Waals surface area contributed by atoms with Crippen molar-refractivity contribution in [2.24, 2.45) is 11.8 Å². The summed E-state index contributed by atoms with van der Waals surface area (Å²) in [5.41, 5.74) is -0.553. The van der Waals surface area contributed by atoms with E-state index in [1.54, 1.807) is 64.1 Å². The van der Waals surface area contributed by atoms with Crippen molar-refractivity contribution >= 4 is 82.5 Å². The Bertz CT molecular complexity index is 3610. The van der Waals surface area contributed by atoms with E-state index in [0.29, 0.717) is 42.6 Å². The van der Waals surface area contributed by atoms with Gasteiger partial charge in [0.15, 0.2) is 0 Å². The molecule has 3 fully saturated rings. The van der Waals surface area contributed by atoms with Gasteiger partial charge in [0.05, 0.1) is 30.7 Å². The van der Waals surface area contributed by atoms with E-state index in [0.717, 1.165) is 37.3 Å². The van der Waals surface area contributed by atoms with E-state index >= 15 is 24.0 Å².